The van der Waals surface area contributed by atoms with E-state index in [1.165, 1.54) is 0 Å². The fourth-order valence-corrected chi connectivity index (χ4v) is 3.84. The number of H-pyrrole nitrogens is 1. The molecule has 0 saturated carbocycles. The first kappa shape index (κ1) is 21.0. The standard InChI is InChI=1S/C25H23BrN2O3/c1-28(13-12-17-10-11-23(29)20(26)14-17)25(30)22-15-19-21(27-22)8-5-9-24(19)31-16-18-6-3-2-4-7-18/h2-11,14-15,27,29H,12-13,16H2,1H3. The summed E-state index contributed by atoms with van der Waals surface area (Å²) in [5.41, 5.74) is 3.52. The van der Waals surface area contributed by atoms with Gasteiger partial charge in [0.15, 0.2) is 0 Å². The van der Waals surface area contributed by atoms with Crippen LogP contribution in [0.4, 0.5) is 0 Å². The normalized spacial score (nSPS) is 10.9. The Morgan fingerprint density at radius 3 is 2.61 bits per heavy atom. The third kappa shape index (κ3) is 4.91. The van der Waals surface area contributed by atoms with Gasteiger partial charge in [0, 0.05) is 24.5 Å². The molecule has 0 atom stereocenters. The van der Waals surface area contributed by atoms with Gasteiger partial charge in [-0.15, -0.1) is 0 Å². The van der Waals surface area contributed by atoms with Gasteiger partial charge in [-0.05, 0) is 63.8 Å². The number of halogens is 1. The molecule has 0 fully saturated rings. The van der Waals surface area contributed by atoms with E-state index in [1.54, 1.807) is 18.0 Å². The number of nitrogens with zero attached hydrogens (tertiary/aromatic N) is 1. The zero-order chi connectivity index (χ0) is 21.8. The van der Waals surface area contributed by atoms with Gasteiger partial charge < -0.3 is 19.7 Å². The van der Waals surface area contributed by atoms with Gasteiger partial charge in [0.2, 0.25) is 0 Å². The summed E-state index contributed by atoms with van der Waals surface area (Å²) in [5, 5.41) is 10.5. The highest BCUT2D eigenvalue weighted by atomic mass is 79.9. The lowest BCUT2D eigenvalue weighted by Crippen LogP contribution is -2.29. The lowest BCUT2D eigenvalue weighted by Gasteiger charge is -2.16. The second kappa shape index (κ2) is 9.27. The Morgan fingerprint density at radius 2 is 1.84 bits per heavy atom. The zero-order valence-corrected chi connectivity index (χ0v) is 18.7. The summed E-state index contributed by atoms with van der Waals surface area (Å²) in [4.78, 5) is 17.9. The Balaban J connectivity index is 1.45. The summed E-state index contributed by atoms with van der Waals surface area (Å²) < 4.78 is 6.67. The first-order chi connectivity index (χ1) is 15.0. The Bertz CT molecular complexity index is 1200. The number of nitrogens with one attached hydrogen (secondary N) is 1. The number of rotatable bonds is 7. The van der Waals surface area contributed by atoms with Crippen LogP contribution in [0.25, 0.3) is 10.9 Å². The Kier molecular flexibility index (Phi) is 6.28. The molecule has 1 heterocycles. The van der Waals surface area contributed by atoms with E-state index in [0.717, 1.165) is 27.8 Å². The summed E-state index contributed by atoms with van der Waals surface area (Å²) in [7, 11) is 1.79. The van der Waals surface area contributed by atoms with Crippen molar-refractivity contribution in [2.45, 2.75) is 13.0 Å². The number of aromatic amines is 1. The number of fused-ring (bicyclic) bond motifs is 1. The van der Waals surface area contributed by atoms with E-state index in [4.69, 9.17) is 4.74 Å². The maximum atomic E-state index is 13.0. The van der Waals surface area contributed by atoms with E-state index in [0.29, 0.717) is 29.7 Å². The number of carbonyl (C=O) groups excluding carboxylic acids is 1. The first-order valence-corrected chi connectivity index (χ1v) is 10.8. The van der Waals surface area contributed by atoms with E-state index in [9.17, 15) is 9.90 Å². The van der Waals surface area contributed by atoms with Crippen molar-refractivity contribution in [3.8, 4) is 11.5 Å². The Hall–Kier alpha value is -3.25. The van der Waals surface area contributed by atoms with E-state index in [-0.39, 0.29) is 11.7 Å². The van der Waals surface area contributed by atoms with Crippen molar-refractivity contribution < 1.29 is 14.6 Å². The molecule has 4 aromatic rings. The maximum Gasteiger partial charge on any atom is 0.270 e. The molecule has 0 aliphatic carbocycles. The van der Waals surface area contributed by atoms with Crippen molar-refractivity contribution in [1.29, 1.82) is 0 Å². The molecule has 0 aliphatic heterocycles. The molecule has 0 saturated heterocycles. The van der Waals surface area contributed by atoms with Crippen LogP contribution in [0.5, 0.6) is 11.5 Å². The number of phenolic OH excluding ortho intramolecular Hbond substituents is 1. The number of benzene rings is 3. The molecule has 0 spiro atoms. The minimum atomic E-state index is -0.0805. The molecule has 5 nitrogen and oxygen atoms in total. The van der Waals surface area contributed by atoms with E-state index >= 15 is 0 Å². The number of aromatic nitrogens is 1. The lowest BCUT2D eigenvalue weighted by atomic mass is 10.1. The third-order valence-corrected chi connectivity index (χ3v) is 5.82. The minimum absolute atomic E-state index is 0.0805. The van der Waals surface area contributed by atoms with Crippen LogP contribution in [-0.4, -0.2) is 34.5 Å². The number of phenols is 1. The van der Waals surface area contributed by atoms with Gasteiger partial charge in [-0.3, -0.25) is 4.79 Å². The average molecular weight is 479 g/mol. The van der Waals surface area contributed by atoms with E-state index < -0.39 is 0 Å². The molecule has 0 bridgehead atoms. The number of amides is 1. The van der Waals surface area contributed by atoms with E-state index in [1.807, 2.05) is 66.7 Å². The minimum Gasteiger partial charge on any atom is -0.507 e. The topological polar surface area (TPSA) is 65.6 Å². The Morgan fingerprint density at radius 1 is 1.03 bits per heavy atom. The second-order valence-electron chi connectivity index (χ2n) is 7.44. The molecule has 1 aromatic heterocycles. The fraction of sp³-hybridized carbons (Fsp3) is 0.160. The predicted octanol–water partition coefficient (Wildman–Crippen LogP) is 5.53. The van der Waals surface area contributed by atoms with Crippen LogP contribution in [-0.2, 0) is 13.0 Å². The second-order valence-corrected chi connectivity index (χ2v) is 8.29. The van der Waals surface area contributed by atoms with Crippen molar-refractivity contribution in [3.05, 3.63) is 94.1 Å². The summed E-state index contributed by atoms with van der Waals surface area (Å²) in [6.45, 7) is 1.03. The molecule has 31 heavy (non-hydrogen) atoms. The summed E-state index contributed by atoms with van der Waals surface area (Å²) in [5.74, 6) is 0.868. The van der Waals surface area contributed by atoms with Crippen molar-refractivity contribution in [2.24, 2.45) is 0 Å². The van der Waals surface area contributed by atoms with Crippen molar-refractivity contribution in [3.63, 3.8) is 0 Å². The van der Waals surface area contributed by atoms with Gasteiger partial charge in [-0.25, -0.2) is 0 Å². The van der Waals surface area contributed by atoms with Gasteiger partial charge in [0.25, 0.3) is 5.91 Å². The first-order valence-electron chi connectivity index (χ1n) is 10.0. The SMILES string of the molecule is CN(CCc1ccc(O)c(Br)c1)C(=O)c1cc2c(OCc3ccccc3)cccc2[nH]1. The van der Waals surface area contributed by atoms with Gasteiger partial charge in [-0.2, -0.15) is 0 Å². The number of ether oxygens (including phenoxy) is 1. The average Bonchev–Trinajstić information content (AvgIpc) is 3.23. The molecule has 1 amide bonds. The zero-order valence-electron chi connectivity index (χ0n) is 17.1. The fourth-order valence-electron chi connectivity index (χ4n) is 3.41. The molecule has 6 heteroatoms. The van der Waals surface area contributed by atoms with Crippen molar-refractivity contribution in [1.82, 2.24) is 9.88 Å². The molecular formula is C25H23BrN2O3. The smallest absolute Gasteiger partial charge is 0.270 e. The number of hydrogen-bond donors (Lipinski definition) is 2. The molecule has 158 valence electrons. The molecule has 0 unspecified atom stereocenters. The molecule has 0 radical (unpaired) electrons. The number of likely N-dealkylation sites (N-methyl/N-ethyl adjacent to an activating group) is 1. The van der Waals surface area contributed by atoms with Gasteiger partial charge >= 0.3 is 0 Å². The number of carbonyl (C=O) groups is 1. The Labute approximate surface area is 189 Å². The predicted molar refractivity (Wildman–Crippen MR) is 126 cm³/mol. The highest BCUT2D eigenvalue weighted by Gasteiger charge is 2.16. The van der Waals surface area contributed by atoms with Crippen LogP contribution in [0.15, 0.2) is 77.3 Å². The van der Waals surface area contributed by atoms with Crippen LogP contribution < -0.4 is 4.74 Å². The van der Waals surface area contributed by atoms with Crippen LogP contribution in [0.3, 0.4) is 0 Å². The number of aromatic hydroxyl groups is 1. The van der Waals surface area contributed by atoms with Crippen molar-refractivity contribution in [2.75, 3.05) is 13.6 Å². The summed E-state index contributed by atoms with van der Waals surface area (Å²) >= 11 is 3.33. The third-order valence-electron chi connectivity index (χ3n) is 5.19. The maximum absolute atomic E-state index is 13.0. The van der Waals surface area contributed by atoms with Crippen LogP contribution >= 0.6 is 15.9 Å². The molecule has 0 aliphatic rings. The van der Waals surface area contributed by atoms with Gasteiger partial charge in [0.1, 0.15) is 23.8 Å². The van der Waals surface area contributed by atoms with Crippen LogP contribution in [0.2, 0.25) is 0 Å². The van der Waals surface area contributed by atoms with Crippen LogP contribution in [0.1, 0.15) is 21.6 Å². The lowest BCUT2D eigenvalue weighted by molar-refractivity contribution is 0.0792. The highest BCUT2D eigenvalue weighted by molar-refractivity contribution is 9.10. The summed E-state index contributed by atoms with van der Waals surface area (Å²) in [6, 6.07) is 23.0. The van der Waals surface area contributed by atoms with Gasteiger partial charge in [0.05, 0.1) is 4.47 Å². The monoisotopic (exact) mass is 478 g/mol. The largest absolute Gasteiger partial charge is 0.507 e. The van der Waals surface area contributed by atoms with Gasteiger partial charge in [-0.1, -0.05) is 42.5 Å². The molecule has 2 N–H and O–H groups in total. The van der Waals surface area contributed by atoms with Crippen LogP contribution in [0, 0.1) is 0 Å². The van der Waals surface area contributed by atoms with Crippen molar-refractivity contribution >= 4 is 32.7 Å². The molecule has 4 rings (SSSR count). The summed E-state index contributed by atoms with van der Waals surface area (Å²) in [6.07, 6.45) is 0.687. The molecule has 3 aromatic carbocycles. The quantitative estimate of drug-likeness (QED) is 0.367. The molecular weight excluding hydrogens is 456 g/mol. The van der Waals surface area contributed by atoms with E-state index in [2.05, 4.69) is 20.9 Å². The highest BCUT2D eigenvalue weighted by Crippen LogP contribution is 2.28. The number of hydrogen-bond acceptors (Lipinski definition) is 3.